The van der Waals surface area contributed by atoms with Crippen LogP contribution in [0, 0.1) is 0 Å². The van der Waals surface area contributed by atoms with E-state index >= 15 is 0 Å². The van der Waals surface area contributed by atoms with Gasteiger partial charge in [-0.15, -0.1) is 6.58 Å². The highest BCUT2D eigenvalue weighted by molar-refractivity contribution is 5.68. The van der Waals surface area contributed by atoms with Gasteiger partial charge in [-0.2, -0.15) is 0 Å². The molecule has 0 saturated carbocycles. The smallest absolute Gasteiger partial charge is 0.303 e. The van der Waals surface area contributed by atoms with Gasteiger partial charge < -0.3 is 28.4 Å². The van der Waals surface area contributed by atoms with Crippen LogP contribution >= 0.6 is 0 Å². The van der Waals surface area contributed by atoms with E-state index < -0.39 is 60.7 Å². The molecule has 0 spiro atoms. The van der Waals surface area contributed by atoms with E-state index in [0.29, 0.717) is 6.42 Å². The Kier molecular flexibility index (Phi) is 9.76. The lowest BCUT2D eigenvalue weighted by Gasteiger charge is -2.44. The second-order valence-corrected chi connectivity index (χ2v) is 6.39. The van der Waals surface area contributed by atoms with Gasteiger partial charge in [-0.05, 0) is 6.42 Å². The van der Waals surface area contributed by atoms with Gasteiger partial charge in [0.05, 0.1) is 6.10 Å². The monoisotopic (exact) mass is 416 g/mol. The summed E-state index contributed by atoms with van der Waals surface area (Å²) in [7, 11) is 0. The minimum atomic E-state index is -1.25. The summed E-state index contributed by atoms with van der Waals surface area (Å²) in [5.74, 6) is -2.67. The molecule has 0 bridgehead atoms. The Bertz CT molecular complexity index is 616. The minimum absolute atomic E-state index is 0.303. The molecule has 1 saturated heterocycles. The molecule has 29 heavy (non-hydrogen) atoms. The van der Waals surface area contributed by atoms with Crippen LogP contribution in [0.15, 0.2) is 12.7 Å². The molecule has 0 radical (unpaired) electrons. The lowest BCUT2D eigenvalue weighted by Crippen LogP contribution is -2.63. The predicted octanol–water partition coefficient (Wildman–Crippen LogP) is 1.05. The number of carbonyl (C=O) groups is 4. The molecule has 1 aliphatic rings. The SMILES string of the molecule is C=C[C@@H](CC)O[C@@H]1O[C@H](COC(C)=O)[C@@H](OC(C)=O)[C@H](OC(C)=O)[C@H]1OC(C)=O. The van der Waals surface area contributed by atoms with Crippen molar-refractivity contribution in [1.82, 2.24) is 0 Å². The lowest BCUT2D eigenvalue weighted by atomic mass is 9.98. The summed E-state index contributed by atoms with van der Waals surface area (Å²) in [6.45, 7) is 9.89. The van der Waals surface area contributed by atoms with E-state index in [1.165, 1.54) is 19.9 Å². The number of rotatable bonds is 9. The number of hydrogen-bond donors (Lipinski definition) is 0. The van der Waals surface area contributed by atoms with Crippen LogP contribution in [0.1, 0.15) is 41.0 Å². The molecule has 0 unspecified atom stereocenters. The van der Waals surface area contributed by atoms with Gasteiger partial charge in [0.1, 0.15) is 12.7 Å². The van der Waals surface area contributed by atoms with Crippen LogP contribution in [0.3, 0.4) is 0 Å². The highest BCUT2D eigenvalue weighted by Gasteiger charge is 2.53. The molecule has 0 aromatic carbocycles. The minimum Gasteiger partial charge on any atom is -0.463 e. The molecule has 164 valence electrons. The average Bonchev–Trinajstić information content (AvgIpc) is 2.61. The van der Waals surface area contributed by atoms with Crippen molar-refractivity contribution in [3.8, 4) is 0 Å². The maximum atomic E-state index is 11.7. The first-order valence-electron chi connectivity index (χ1n) is 9.17. The van der Waals surface area contributed by atoms with Crippen LogP contribution in [0.4, 0.5) is 0 Å². The normalized spacial score (nSPS) is 27.3. The van der Waals surface area contributed by atoms with Crippen LogP contribution in [0.25, 0.3) is 0 Å². The van der Waals surface area contributed by atoms with Crippen LogP contribution in [0.5, 0.6) is 0 Å². The van der Waals surface area contributed by atoms with Gasteiger partial charge in [-0.1, -0.05) is 13.0 Å². The van der Waals surface area contributed by atoms with Crippen molar-refractivity contribution < 1.29 is 47.6 Å². The molecule has 0 amide bonds. The van der Waals surface area contributed by atoms with Gasteiger partial charge in [-0.25, -0.2) is 0 Å². The van der Waals surface area contributed by atoms with Gasteiger partial charge in [-0.3, -0.25) is 19.2 Å². The number of hydrogen-bond acceptors (Lipinski definition) is 10. The van der Waals surface area contributed by atoms with Crippen molar-refractivity contribution in [3.63, 3.8) is 0 Å². The predicted molar refractivity (Wildman–Crippen MR) is 97.3 cm³/mol. The summed E-state index contributed by atoms with van der Waals surface area (Å²) >= 11 is 0. The Labute approximate surface area is 169 Å². The molecule has 0 N–H and O–H groups in total. The van der Waals surface area contributed by atoms with Crippen molar-refractivity contribution in [1.29, 1.82) is 0 Å². The molecule has 1 heterocycles. The third-order valence-electron chi connectivity index (χ3n) is 3.92. The van der Waals surface area contributed by atoms with Crippen LogP contribution in [0.2, 0.25) is 0 Å². The van der Waals surface area contributed by atoms with Gasteiger partial charge in [0.2, 0.25) is 0 Å². The first-order valence-corrected chi connectivity index (χ1v) is 9.17. The maximum absolute atomic E-state index is 11.7. The van der Waals surface area contributed by atoms with E-state index in [0.717, 1.165) is 13.8 Å². The molecule has 0 aromatic heterocycles. The molecule has 0 aromatic rings. The van der Waals surface area contributed by atoms with Crippen molar-refractivity contribution >= 4 is 23.9 Å². The van der Waals surface area contributed by atoms with Gasteiger partial charge in [0.15, 0.2) is 24.6 Å². The van der Waals surface area contributed by atoms with Crippen LogP contribution < -0.4 is 0 Å². The molecule has 10 nitrogen and oxygen atoms in total. The Morgan fingerprint density at radius 3 is 1.86 bits per heavy atom. The summed E-state index contributed by atoms with van der Waals surface area (Å²) in [5, 5.41) is 0. The number of carbonyl (C=O) groups excluding carboxylic acids is 4. The summed E-state index contributed by atoms with van der Waals surface area (Å²) in [4.78, 5) is 46.3. The van der Waals surface area contributed by atoms with Gasteiger partial charge in [0, 0.05) is 27.7 Å². The zero-order chi connectivity index (χ0) is 22.1. The van der Waals surface area contributed by atoms with Crippen molar-refractivity contribution in [3.05, 3.63) is 12.7 Å². The highest BCUT2D eigenvalue weighted by atomic mass is 16.7. The van der Waals surface area contributed by atoms with Gasteiger partial charge >= 0.3 is 23.9 Å². The lowest BCUT2D eigenvalue weighted by molar-refractivity contribution is -0.313. The Hall–Kier alpha value is -2.46. The third kappa shape index (κ3) is 7.82. The van der Waals surface area contributed by atoms with E-state index in [-0.39, 0.29) is 6.61 Å². The van der Waals surface area contributed by atoms with Crippen molar-refractivity contribution in [2.24, 2.45) is 0 Å². The molecule has 1 fully saturated rings. The first kappa shape index (κ1) is 24.6. The van der Waals surface area contributed by atoms with E-state index in [4.69, 9.17) is 28.4 Å². The molecule has 10 heteroatoms. The fourth-order valence-electron chi connectivity index (χ4n) is 2.79. The zero-order valence-electron chi connectivity index (χ0n) is 17.2. The second kappa shape index (κ2) is 11.5. The molecular weight excluding hydrogens is 388 g/mol. The number of ether oxygens (including phenoxy) is 6. The third-order valence-corrected chi connectivity index (χ3v) is 3.92. The molecular formula is C19H28O10. The Morgan fingerprint density at radius 1 is 0.897 bits per heavy atom. The van der Waals surface area contributed by atoms with Crippen LogP contribution in [-0.2, 0) is 47.6 Å². The van der Waals surface area contributed by atoms with Crippen molar-refractivity contribution in [2.75, 3.05) is 6.61 Å². The van der Waals surface area contributed by atoms with E-state index in [1.807, 2.05) is 6.92 Å². The Balaban J connectivity index is 3.33. The standard InChI is InChI=1S/C19H28O10/c1-7-14(8-2)28-19-18(27-13(6)23)17(26-12(5)22)16(25-11(4)21)15(29-19)9-24-10(3)20/h7,14-19H,1,8-9H2,2-6H3/t14-,15+,16+,17-,18+,19+/m0/s1. The molecule has 6 atom stereocenters. The fraction of sp³-hybridized carbons (Fsp3) is 0.684. The number of esters is 4. The van der Waals surface area contributed by atoms with E-state index in [2.05, 4.69) is 6.58 Å². The van der Waals surface area contributed by atoms with Crippen molar-refractivity contribution in [2.45, 2.75) is 77.8 Å². The summed E-state index contributed by atoms with van der Waals surface area (Å²) in [6.07, 6.45) is -4.31. The topological polar surface area (TPSA) is 124 Å². The maximum Gasteiger partial charge on any atom is 0.303 e. The quantitative estimate of drug-likeness (QED) is 0.306. The van der Waals surface area contributed by atoms with Gasteiger partial charge in [0.25, 0.3) is 0 Å². The fourth-order valence-corrected chi connectivity index (χ4v) is 2.79. The van der Waals surface area contributed by atoms with E-state index in [9.17, 15) is 19.2 Å². The van der Waals surface area contributed by atoms with E-state index in [1.54, 1.807) is 0 Å². The average molecular weight is 416 g/mol. The summed E-state index contributed by atoms with van der Waals surface area (Å²) in [6, 6.07) is 0. The molecule has 0 aliphatic carbocycles. The summed E-state index contributed by atoms with van der Waals surface area (Å²) < 4.78 is 32.5. The Morgan fingerprint density at radius 2 is 1.41 bits per heavy atom. The van der Waals surface area contributed by atoms with Crippen LogP contribution in [-0.4, -0.2) is 67.3 Å². The largest absolute Gasteiger partial charge is 0.463 e. The first-order chi connectivity index (χ1) is 13.6. The highest BCUT2D eigenvalue weighted by Crippen LogP contribution is 2.30. The summed E-state index contributed by atoms with van der Waals surface area (Å²) in [5.41, 5.74) is 0. The second-order valence-electron chi connectivity index (χ2n) is 6.39. The zero-order valence-corrected chi connectivity index (χ0v) is 17.2. The molecule has 1 aliphatic heterocycles. The molecule has 1 rings (SSSR count).